The molecule has 8 heteroatoms. The van der Waals surface area contributed by atoms with Crippen molar-refractivity contribution >= 4 is 21.6 Å². The van der Waals surface area contributed by atoms with Crippen LogP contribution >= 0.6 is 0 Å². The lowest BCUT2D eigenvalue weighted by molar-refractivity contribution is -0.384. The first kappa shape index (κ1) is 17.8. The Hall–Kier alpha value is -3.00. The second-order valence-corrected chi connectivity index (χ2v) is 7.93. The number of nitro groups is 1. The highest BCUT2D eigenvalue weighted by Gasteiger charge is 2.33. The van der Waals surface area contributed by atoms with E-state index < -0.39 is 20.9 Å². The maximum absolute atomic E-state index is 12.7. The van der Waals surface area contributed by atoms with Crippen LogP contribution in [-0.4, -0.2) is 30.1 Å². The van der Waals surface area contributed by atoms with Gasteiger partial charge in [-0.2, -0.15) is 0 Å². The molecule has 0 atom stereocenters. The zero-order valence-electron chi connectivity index (χ0n) is 14.0. The fourth-order valence-corrected chi connectivity index (χ4v) is 4.06. The van der Waals surface area contributed by atoms with Gasteiger partial charge in [0.15, 0.2) is 0 Å². The Labute approximate surface area is 150 Å². The minimum absolute atomic E-state index is 0.0196. The monoisotopic (exact) mass is 372 g/mol. The predicted molar refractivity (Wildman–Crippen MR) is 95.0 cm³/mol. The molecule has 0 bridgehead atoms. The molecule has 26 heavy (non-hydrogen) atoms. The first-order valence-electron chi connectivity index (χ1n) is 7.83. The molecule has 0 aromatic heterocycles. The Morgan fingerprint density at radius 3 is 2.27 bits per heavy atom. The van der Waals surface area contributed by atoms with Crippen molar-refractivity contribution in [2.45, 2.75) is 18.2 Å². The Morgan fingerprint density at radius 1 is 1.08 bits per heavy atom. The van der Waals surface area contributed by atoms with Gasteiger partial charge in [0.05, 0.1) is 16.4 Å². The number of nitro benzene ring substituents is 1. The number of sulfonamides is 1. The van der Waals surface area contributed by atoms with Crippen LogP contribution in [0.5, 0.6) is 0 Å². The van der Waals surface area contributed by atoms with Crippen molar-refractivity contribution in [3.05, 3.63) is 81.4 Å². The fraction of sp³-hybridized carbons (Fsp3) is 0.167. The number of benzene rings is 2. The highest BCUT2D eigenvalue weighted by Crippen LogP contribution is 2.24. The molecule has 3 rings (SSSR count). The van der Waals surface area contributed by atoms with Crippen LogP contribution in [0, 0.1) is 17.0 Å². The Balaban J connectivity index is 1.76. The van der Waals surface area contributed by atoms with Gasteiger partial charge in [0.2, 0.25) is 0 Å². The third-order valence-electron chi connectivity index (χ3n) is 4.11. The molecule has 1 aliphatic heterocycles. The number of hydrogen-bond acceptors (Lipinski definition) is 5. The summed E-state index contributed by atoms with van der Waals surface area (Å²) >= 11 is 0. The topological polar surface area (TPSA) is 97.6 Å². The maximum atomic E-state index is 12.7. The summed E-state index contributed by atoms with van der Waals surface area (Å²) in [7, 11) is -3.91. The smallest absolute Gasteiger partial charge is 0.269 e. The largest absolute Gasteiger partial charge is 0.269 e. The van der Waals surface area contributed by atoms with Gasteiger partial charge in [-0.05, 0) is 36.6 Å². The van der Waals surface area contributed by atoms with Crippen molar-refractivity contribution in [1.82, 2.24) is 4.31 Å². The molecular formula is C18H16N2O5S. The minimum atomic E-state index is -3.91. The molecule has 2 aromatic rings. The number of amides is 1. The molecule has 0 spiro atoms. The van der Waals surface area contributed by atoms with Gasteiger partial charge in [-0.1, -0.05) is 29.8 Å². The molecule has 134 valence electrons. The van der Waals surface area contributed by atoms with Crippen molar-refractivity contribution in [2.24, 2.45) is 0 Å². The molecule has 1 amide bonds. The van der Waals surface area contributed by atoms with Crippen LogP contribution in [0.15, 0.2) is 65.1 Å². The van der Waals surface area contributed by atoms with E-state index in [-0.39, 0.29) is 17.1 Å². The average Bonchev–Trinajstić information content (AvgIpc) is 2.97. The molecule has 1 heterocycles. The molecule has 2 aromatic carbocycles. The summed E-state index contributed by atoms with van der Waals surface area (Å²) < 4.78 is 26.2. The van der Waals surface area contributed by atoms with Crippen molar-refractivity contribution in [3.63, 3.8) is 0 Å². The second kappa shape index (κ2) is 6.72. The van der Waals surface area contributed by atoms with Gasteiger partial charge in [-0.3, -0.25) is 14.9 Å². The summed E-state index contributed by atoms with van der Waals surface area (Å²) in [5.41, 5.74) is 2.31. The van der Waals surface area contributed by atoms with E-state index in [2.05, 4.69) is 0 Å². The first-order valence-corrected chi connectivity index (χ1v) is 9.27. The number of carbonyl (C=O) groups is 1. The van der Waals surface area contributed by atoms with E-state index in [1.165, 1.54) is 30.3 Å². The van der Waals surface area contributed by atoms with Crippen LogP contribution < -0.4 is 0 Å². The third-order valence-corrected chi connectivity index (χ3v) is 5.86. The third kappa shape index (κ3) is 3.50. The molecule has 0 saturated carbocycles. The lowest BCUT2D eigenvalue weighted by Crippen LogP contribution is -2.33. The SMILES string of the molecule is Cc1ccc(S(=O)(=O)N2CC(Cc3ccc([N+](=O)[O-])cc3)=CC2=O)cc1. The van der Waals surface area contributed by atoms with Crippen LogP contribution in [0.2, 0.25) is 0 Å². The van der Waals surface area contributed by atoms with Crippen LogP contribution in [0.25, 0.3) is 0 Å². The van der Waals surface area contributed by atoms with Gasteiger partial charge in [-0.25, -0.2) is 12.7 Å². The van der Waals surface area contributed by atoms with E-state index in [4.69, 9.17) is 0 Å². The van der Waals surface area contributed by atoms with Gasteiger partial charge in [0, 0.05) is 18.2 Å². The van der Waals surface area contributed by atoms with Crippen molar-refractivity contribution in [3.8, 4) is 0 Å². The van der Waals surface area contributed by atoms with E-state index in [1.807, 2.05) is 6.92 Å². The van der Waals surface area contributed by atoms with E-state index in [0.29, 0.717) is 12.0 Å². The molecule has 0 fully saturated rings. The van der Waals surface area contributed by atoms with E-state index >= 15 is 0 Å². The Morgan fingerprint density at radius 2 is 1.69 bits per heavy atom. The van der Waals surface area contributed by atoms with E-state index in [0.717, 1.165) is 15.4 Å². The van der Waals surface area contributed by atoms with Crippen LogP contribution in [0.1, 0.15) is 11.1 Å². The molecular weight excluding hydrogens is 356 g/mol. The quantitative estimate of drug-likeness (QED) is 0.593. The van der Waals surface area contributed by atoms with Crippen molar-refractivity contribution < 1.29 is 18.1 Å². The summed E-state index contributed by atoms with van der Waals surface area (Å²) in [6, 6.07) is 12.3. The normalized spacial score (nSPS) is 14.4. The van der Waals surface area contributed by atoms with Gasteiger partial charge in [0.1, 0.15) is 0 Å². The molecule has 0 unspecified atom stereocenters. The predicted octanol–water partition coefficient (Wildman–Crippen LogP) is 2.60. The van der Waals surface area contributed by atoms with Gasteiger partial charge in [0.25, 0.3) is 21.6 Å². The highest BCUT2D eigenvalue weighted by molar-refractivity contribution is 7.89. The number of nitrogens with zero attached hydrogens (tertiary/aromatic N) is 2. The van der Waals surface area contributed by atoms with Crippen LogP contribution in [-0.2, 0) is 21.2 Å². The van der Waals surface area contributed by atoms with E-state index in [9.17, 15) is 23.3 Å². The summed E-state index contributed by atoms with van der Waals surface area (Å²) in [6.07, 6.45) is 1.66. The molecule has 1 aliphatic rings. The molecule has 7 nitrogen and oxygen atoms in total. The summed E-state index contributed by atoms with van der Waals surface area (Å²) in [5, 5.41) is 10.7. The first-order chi connectivity index (χ1) is 12.3. The summed E-state index contributed by atoms with van der Waals surface area (Å²) in [5.74, 6) is -0.581. The minimum Gasteiger partial charge on any atom is -0.269 e. The zero-order chi connectivity index (χ0) is 18.9. The number of aryl methyl sites for hydroxylation is 1. The maximum Gasteiger partial charge on any atom is 0.269 e. The number of hydrogen-bond donors (Lipinski definition) is 0. The highest BCUT2D eigenvalue weighted by atomic mass is 32.2. The molecule has 0 aliphatic carbocycles. The molecule has 0 saturated heterocycles. The van der Waals surface area contributed by atoms with Gasteiger partial charge in [-0.15, -0.1) is 0 Å². The standard InChI is InChI=1S/C18H16N2O5S/c1-13-2-8-17(9-3-13)26(24,25)19-12-15(11-18(19)21)10-14-4-6-16(7-5-14)20(22)23/h2-9,11H,10,12H2,1H3. The van der Waals surface area contributed by atoms with E-state index in [1.54, 1.807) is 24.3 Å². The molecule has 0 N–H and O–H groups in total. The van der Waals surface area contributed by atoms with Crippen LogP contribution in [0.4, 0.5) is 5.69 Å². The van der Waals surface area contributed by atoms with Crippen LogP contribution in [0.3, 0.4) is 0 Å². The Bertz CT molecular complexity index is 993. The summed E-state index contributed by atoms with van der Waals surface area (Å²) in [4.78, 5) is 22.5. The zero-order valence-corrected chi connectivity index (χ0v) is 14.8. The lowest BCUT2D eigenvalue weighted by atomic mass is 10.1. The molecule has 0 radical (unpaired) electrons. The average molecular weight is 372 g/mol. The second-order valence-electron chi connectivity index (χ2n) is 6.07. The van der Waals surface area contributed by atoms with Gasteiger partial charge < -0.3 is 0 Å². The van der Waals surface area contributed by atoms with Gasteiger partial charge >= 0.3 is 0 Å². The number of non-ortho nitro benzene ring substituents is 1. The lowest BCUT2D eigenvalue weighted by Gasteiger charge is -2.17. The Kier molecular flexibility index (Phi) is 4.60. The number of carbonyl (C=O) groups excluding carboxylic acids is 1. The number of rotatable bonds is 5. The van der Waals surface area contributed by atoms with Crippen molar-refractivity contribution in [2.75, 3.05) is 6.54 Å². The summed E-state index contributed by atoms with van der Waals surface area (Å²) in [6.45, 7) is 1.83. The fourth-order valence-electron chi connectivity index (χ4n) is 2.70. The van der Waals surface area contributed by atoms with Crippen molar-refractivity contribution in [1.29, 1.82) is 0 Å².